The van der Waals surface area contributed by atoms with Crippen molar-refractivity contribution in [1.82, 2.24) is 4.90 Å². The molecule has 0 spiro atoms. The molecule has 0 unspecified atom stereocenters. The monoisotopic (exact) mass is 131 g/mol. The van der Waals surface area contributed by atoms with Gasteiger partial charge in [0.15, 0.2) is 0 Å². The third-order valence-corrected chi connectivity index (χ3v) is 1.11. The first-order valence-corrected chi connectivity index (χ1v) is 2.50. The molecule has 9 heavy (non-hydrogen) atoms. The fourth-order valence-corrected chi connectivity index (χ4v) is 0.265. The van der Waals surface area contributed by atoms with Crippen LogP contribution in [0.15, 0.2) is 0 Å². The molecule has 0 fully saturated rings. The van der Waals surface area contributed by atoms with Crippen LogP contribution >= 0.6 is 0 Å². The molecule has 0 aliphatic heterocycles. The second kappa shape index (κ2) is 3.06. The van der Waals surface area contributed by atoms with E-state index in [-0.39, 0.29) is 0 Å². The second-order valence-corrected chi connectivity index (χ2v) is 1.77. The number of carbonyl (C=O) groups excluding carboxylic acids is 1. The molecular formula is C5H9NO3. The van der Waals surface area contributed by atoms with E-state index in [1.807, 2.05) is 0 Å². The largest absolute Gasteiger partial charge is 0.465 e. The summed E-state index contributed by atoms with van der Waals surface area (Å²) in [6, 6.07) is -0.553. The number of carboxylic acid groups (broad SMARTS) is 1. The van der Waals surface area contributed by atoms with Crippen molar-refractivity contribution in [3.63, 3.8) is 0 Å². The minimum Gasteiger partial charge on any atom is -0.465 e. The molecule has 0 radical (unpaired) electrons. The number of likely N-dealkylation sites (N-methyl/N-ethyl adjacent to an activating group) is 1. The van der Waals surface area contributed by atoms with Crippen molar-refractivity contribution < 1.29 is 14.7 Å². The summed E-state index contributed by atoms with van der Waals surface area (Å²) >= 11 is 0. The zero-order valence-electron chi connectivity index (χ0n) is 5.37. The predicted octanol–water partition coefficient (Wildman–Crippen LogP) is 0.184. The van der Waals surface area contributed by atoms with Crippen molar-refractivity contribution in [3.8, 4) is 0 Å². The average molecular weight is 131 g/mol. The van der Waals surface area contributed by atoms with Crippen LogP contribution in [-0.2, 0) is 4.79 Å². The Morgan fingerprint density at radius 1 is 1.78 bits per heavy atom. The lowest BCUT2D eigenvalue weighted by atomic mass is 10.3. The zero-order chi connectivity index (χ0) is 7.44. The highest BCUT2D eigenvalue weighted by Gasteiger charge is 2.11. The van der Waals surface area contributed by atoms with Crippen LogP contribution in [0.5, 0.6) is 0 Å². The Morgan fingerprint density at radius 3 is 2.33 bits per heavy atom. The number of aldehydes is 1. The predicted molar refractivity (Wildman–Crippen MR) is 31.3 cm³/mol. The Hall–Kier alpha value is -1.06. The minimum absolute atomic E-state index is 0.553. The Labute approximate surface area is 53.1 Å². The van der Waals surface area contributed by atoms with Gasteiger partial charge >= 0.3 is 6.09 Å². The van der Waals surface area contributed by atoms with Gasteiger partial charge in [0.2, 0.25) is 0 Å². The van der Waals surface area contributed by atoms with Crippen molar-refractivity contribution in [3.05, 3.63) is 0 Å². The van der Waals surface area contributed by atoms with E-state index >= 15 is 0 Å². The van der Waals surface area contributed by atoms with E-state index < -0.39 is 12.1 Å². The molecular weight excluding hydrogens is 122 g/mol. The number of nitrogens with zero attached hydrogens (tertiary/aromatic N) is 1. The maximum atomic E-state index is 10.1. The number of hydrogen-bond donors (Lipinski definition) is 1. The quantitative estimate of drug-likeness (QED) is 0.544. The fourth-order valence-electron chi connectivity index (χ4n) is 0.265. The Kier molecular flexibility index (Phi) is 2.70. The van der Waals surface area contributed by atoms with E-state index in [1.54, 1.807) is 0 Å². The summed E-state index contributed by atoms with van der Waals surface area (Å²) in [6.07, 6.45) is -0.511. The molecule has 52 valence electrons. The molecule has 0 bridgehead atoms. The van der Waals surface area contributed by atoms with E-state index in [0.29, 0.717) is 6.29 Å². The van der Waals surface area contributed by atoms with E-state index in [9.17, 15) is 9.59 Å². The summed E-state index contributed by atoms with van der Waals surface area (Å²) in [5.41, 5.74) is 0. The molecule has 0 aromatic rings. The third kappa shape index (κ3) is 2.12. The van der Waals surface area contributed by atoms with Gasteiger partial charge in [0.25, 0.3) is 0 Å². The molecule has 4 nitrogen and oxygen atoms in total. The van der Waals surface area contributed by atoms with E-state index in [0.717, 1.165) is 4.90 Å². The van der Waals surface area contributed by atoms with Gasteiger partial charge in [-0.3, -0.25) is 0 Å². The highest BCUT2D eigenvalue weighted by molar-refractivity contribution is 5.70. The molecule has 0 heterocycles. The molecule has 4 heteroatoms. The highest BCUT2D eigenvalue weighted by Crippen LogP contribution is 1.90. The standard InChI is InChI=1S/C5H9NO3/c1-4(3-7)6(2)5(8)9/h3-4H,1-2H3,(H,8,9)/t4-/m1/s1. The summed E-state index contributed by atoms with van der Waals surface area (Å²) in [6.45, 7) is 1.52. The summed E-state index contributed by atoms with van der Waals surface area (Å²) in [5, 5.41) is 8.25. The van der Waals surface area contributed by atoms with Crippen LogP contribution < -0.4 is 0 Å². The summed E-state index contributed by atoms with van der Waals surface area (Å²) in [7, 11) is 1.35. The van der Waals surface area contributed by atoms with E-state index in [4.69, 9.17) is 5.11 Å². The van der Waals surface area contributed by atoms with Gasteiger partial charge in [-0.05, 0) is 6.92 Å². The average Bonchev–Trinajstić information content (AvgIpc) is 1.84. The van der Waals surface area contributed by atoms with Crippen LogP contribution in [0.4, 0.5) is 4.79 Å². The third-order valence-electron chi connectivity index (χ3n) is 1.11. The molecule has 0 rings (SSSR count). The summed E-state index contributed by atoms with van der Waals surface area (Å²) in [4.78, 5) is 20.9. The molecule has 0 saturated heterocycles. The van der Waals surface area contributed by atoms with Crippen LogP contribution in [0.25, 0.3) is 0 Å². The number of carbonyl (C=O) groups is 2. The van der Waals surface area contributed by atoms with Gasteiger partial charge in [-0.2, -0.15) is 0 Å². The zero-order valence-corrected chi connectivity index (χ0v) is 5.37. The molecule has 0 aromatic carbocycles. The molecule has 0 saturated carbocycles. The smallest absolute Gasteiger partial charge is 0.407 e. The Morgan fingerprint density at radius 2 is 2.22 bits per heavy atom. The number of hydrogen-bond acceptors (Lipinski definition) is 2. The van der Waals surface area contributed by atoms with Crippen molar-refractivity contribution in [2.45, 2.75) is 13.0 Å². The normalized spacial score (nSPS) is 12.2. The van der Waals surface area contributed by atoms with Gasteiger partial charge in [-0.25, -0.2) is 4.79 Å². The number of rotatable bonds is 2. The first-order chi connectivity index (χ1) is 4.09. The minimum atomic E-state index is -1.09. The SMILES string of the molecule is C[C@H](C=O)N(C)C(=O)O. The van der Waals surface area contributed by atoms with Crippen LogP contribution in [0.2, 0.25) is 0 Å². The topological polar surface area (TPSA) is 57.6 Å². The maximum absolute atomic E-state index is 10.1. The molecule has 0 aromatic heterocycles. The van der Waals surface area contributed by atoms with Gasteiger partial charge in [0.1, 0.15) is 6.29 Å². The highest BCUT2D eigenvalue weighted by atomic mass is 16.4. The van der Waals surface area contributed by atoms with E-state index in [2.05, 4.69) is 0 Å². The van der Waals surface area contributed by atoms with Gasteiger partial charge in [-0.15, -0.1) is 0 Å². The van der Waals surface area contributed by atoms with Crippen LogP contribution in [0, 0.1) is 0 Å². The molecule has 1 amide bonds. The molecule has 1 atom stereocenters. The Balaban J connectivity index is 3.86. The molecule has 1 N–H and O–H groups in total. The van der Waals surface area contributed by atoms with Crippen molar-refractivity contribution in [2.75, 3.05) is 7.05 Å². The van der Waals surface area contributed by atoms with Gasteiger partial charge in [0.05, 0.1) is 6.04 Å². The molecule has 0 aliphatic carbocycles. The van der Waals surface area contributed by atoms with Gasteiger partial charge < -0.3 is 14.8 Å². The Bertz CT molecular complexity index is 123. The maximum Gasteiger partial charge on any atom is 0.407 e. The summed E-state index contributed by atoms with van der Waals surface area (Å²) < 4.78 is 0. The first-order valence-electron chi connectivity index (χ1n) is 2.50. The van der Waals surface area contributed by atoms with Crippen LogP contribution in [0.3, 0.4) is 0 Å². The van der Waals surface area contributed by atoms with Crippen LogP contribution in [-0.4, -0.2) is 35.5 Å². The lowest BCUT2D eigenvalue weighted by Crippen LogP contribution is -2.34. The van der Waals surface area contributed by atoms with Crippen LogP contribution in [0.1, 0.15) is 6.92 Å². The first kappa shape index (κ1) is 7.94. The number of amides is 1. The molecule has 0 aliphatic rings. The van der Waals surface area contributed by atoms with Crippen molar-refractivity contribution >= 4 is 12.4 Å². The lowest BCUT2D eigenvalue weighted by Gasteiger charge is -2.14. The van der Waals surface area contributed by atoms with Gasteiger partial charge in [0, 0.05) is 7.05 Å². The summed E-state index contributed by atoms with van der Waals surface area (Å²) in [5.74, 6) is 0. The van der Waals surface area contributed by atoms with Gasteiger partial charge in [-0.1, -0.05) is 0 Å². The van der Waals surface area contributed by atoms with Crippen molar-refractivity contribution in [1.29, 1.82) is 0 Å². The fraction of sp³-hybridized carbons (Fsp3) is 0.600. The van der Waals surface area contributed by atoms with E-state index in [1.165, 1.54) is 14.0 Å². The second-order valence-electron chi connectivity index (χ2n) is 1.77. The lowest BCUT2D eigenvalue weighted by molar-refractivity contribution is -0.111. The van der Waals surface area contributed by atoms with Crippen molar-refractivity contribution in [2.24, 2.45) is 0 Å².